The van der Waals surface area contributed by atoms with Crippen molar-refractivity contribution in [2.75, 3.05) is 7.05 Å². The van der Waals surface area contributed by atoms with E-state index >= 15 is 0 Å². The van der Waals surface area contributed by atoms with Gasteiger partial charge in [0.15, 0.2) is 5.76 Å². The number of sulfonamides is 1. The number of nitrogens with zero attached hydrogens (tertiary/aromatic N) is 2. The van der Waals surface area contributed by atoms with Crippen LogP contribution in [0.4, 0.5) is 0 Å². The van der Waals surface area contributed by atoms with Gasteiger partial charge in [-0.3, -0.25) is 0 Å². The van der Waals surface area contributed by atoms with Crippen LogP contribution in [0.15, 0.2) is 45.5 Å². The van der Waals surface area contributed by atoms with Gasteiger partial charge in [0.1, 0.15) is 5.75 Å². The highest BCUT2D eigenvalue weighted by Crippen LogP contribution is 2.16. The van der Waals surface area contributed by atoms with Crippen molar-refractivity contribution in [3.8, 4) is 0 Å². The zero-order valence-corrected chi connectivity index (χ0v) is 12.7. The highest BCUT2D eigenvalue weighted by molar-refractivity contribution is 9.10. The quantitative estimate of drug-likeness (QED) is 0.835. The van der Waals surface area contributed by atoms with Crippen LogP contribution in [-0.2, 0) is 22.3 Å². The van der Waals surface area contributed by atoms with Crippen LogP contribution in [0.2, 0.25) is 0 Å². The van der Waals surface area contributed by atoms with E-state index in [0.29, 0.717) is 12.3 Å². The monoisotopic (exact) mass is 344 g/mol. The van der Waals surface area contributed by atoms with Crippen LogP contribution in [0, 0.1) is 0 Å². The molecule has 0 bridgehead atoms. The van der Waals surface area contributed by atoms with E-state index in [0.717, 1.165) is 10.0 Å². The van der Waals surface area contributed by atoms with Gasteiger partial charge in [0, 0.05) is 24.1 Å². The van der Waals surface area contributed by atoms with E-state index in [1.54, 1.807) is 13.1 Å². The number of halogens is 1. The zero-order valence-electron chi connectivity index (χ0n) is 10.3. The Morgan fingerprint density at radius 3 is 2.79 bits per heavy atom. The molecule has 0 aliphatic carbocycles. The molecule has 0 saturated heterocycles. The van der Waals surface area contributed by atoms with Crippen LogP contribution in [0.25, 0.3) is 0 Å². The summed E-state index contributed by atoms with van der Waals surface area (Å²) >= 11 is 3.36. The predicted octanol–water partition coefficient (Wildman–Crippen LogP) is 2.40. The molecule has 0 aliphatic heterocycles. The summed E-state index contributed by atoms with van der Waals surface area (Å²) < 4.78 is 31.3. The molecular formula is C12H13BrN2O3S. The van der Waals surface area contributed by atoms with Crippen molar-refractivity contribution in [1.29, 1.82) is 0 Å². The van der Waals surface area contributed by atoms with Gasteiger partial charge in [-0.1, -0.05) is 33.2 Å². The molecule has 102 valence electrons. The van der Waals surface area contributed by atoms with Gasteiger partial charge in [-0.05, 0) is 17.7 Å². The molecule has 7 heteroatoms. The van der Waals surface area contributed by atoms with Crippen molar-refractivity contribution in [2.45, 2.75) is 12.3 Å². The van der Waals surface area contributed by atoms with Gasteiger partial charge < -0.3 is 4.52 Å². The molecule has 2 rings (SSSR count). The Hall–Kier alpha value is -1.18. The number of aromatic nitrogens is 1. The lowest BCUT2D eigenvalue weighted by molar-refractivity contribution is 0.387. The molecule has 0 aliphatic rings. The first-order valence-electron chi connectivity index (χ1n) is 5.55. The summed E-state index contributed by atoms with van der Waals surface area (Å²) in [4.78, 5) is 0. The Morgan fingerprint density at radius 1 is 1.37 bits per heavy atom. The molecule has 5 nitrogen and oxygen atoms in total. The summed E-state index contributed by atoms with van der Waals surface area (Å²) in [6.07, 6.45) is 1.43. The second kappa shape index (κ2) is 5.85. The van der Waals surface area contributed by atoms with E-state index in [2.05, 4.69) is 21.1 Å². The van der Waals surface area contributed by atoms with Gasteiger partial charge in [-0.25, -0.2) is 12.7 Å². The maximum Gasteiger partial charge on any atom is 0.221 e. The zero-order chi connectivity index (χ0) is 13.9. The molecule has 0 radical (unpaired) electrons. The number of hydrogen-bond donors (Lipinski definition) is 0. The molecule has 1 heterocycles. The standard InChI is InChI=1S/C12H13BrN2O3S/c1-15(8-10-3-2-4-11(13)7-10)19(16,17)9-12-5-6-14-18-12/h2-7H,8-9H2,1H3. The van der Waals surface area contributed by atoms with Gasteiger partial charge in [0.2, 0.25) is 10.0 Å². The minimum atomic E-state index is -3.41. The minimum absolute atomic E-state index is 0.183. The molecule has 0 N–H and O–H groups in total. The average Bonchev–Trinajstić information content (AvgIpc) is 2.81. The third-order valence-corrected chi connectivity index (χ3v) is 4.81. The number of rotatable bonds is 5. The summed E-state index contributed by atoms with van der Waals surface area (Å²) in [5.74, 6) is 0.151. The lowest BCUT2D eigenvalue weighted by Gasteiger charge is -2.16. The van der Waals surface area contributed by atoms with Crippen molar-refractivity contribution in [3.05, 3.63) is 52.3 Å². The lowest BCUT2D eigenvalue weighted by atomic mass is 10.2. The summed E-state index contributed by atoms with van der Waals surface area (Å²) in [7, 11) is -1.86. The summed E-state index contributed by atoms with van der Waals surface area (Å²) in [5, 5.41) is 3.50. The van der Waals surface area contributed by atoms with Crippen LogP contribution in [-0.4, -0.2) is 24.9 Å². The van der Waals surface area contributed by atoms with E-state index in [9.17, 15) is 8.42 Å². The maximum absolute atomic E-state index is 12.1. The lowest BCUT2D eigenvalue weighted by Crippen LogP contribution is -2.27. The maximum atomic E-state index is 12.1. The first kappa shape index (κ1) is 14.2. The van der Waals surface area contributed by atoms with Crippen LogP contribution in [0.3, 0.4) is 0 Å². The normalized spacial score (nSPS) is 11.9. The largest absolute Gasteiger partial charge is 0.360 e. The van der Waals surface area contributed by atoms with E-state index in [1.165, 1.54) is 10.5 Å². The summed E-state index contributed by atoms with van der Waals surface area (Å²) in [6.45, 7) is 0.315. The van der Waals surface area contributed by atoms with E-state index < -0.39 is 10.0 Å². The van der Waals surface area contributed by atoms with Crippen molar-refractivity contribution < 1.29 is 12.9 Å². The molecular weight excluding hydrogens is 332 g/mol. The topological polar surface area (TPSA) is 63.4 Å². The molecule has 0 spiro atoms. The van der Waals surface area contributed by atoms with Gasteiger partial charge >= 0.3 is 0 Å². The Balaban J connectivity index is 2.08. The Kier molecular flexibility index (Phi) is 4.38. The third-order valence-electron chi connectivity index (χ3n) is 2.59. The Bertz CT molecular complexity index is 641. The molecule has 0 saturated carbocycles. The molecule has 0 atom stereocenters. The highest BCUT2D eigenvalue weighted by Gasteiger charge is 2.20. The van der Waals surface area contributed by atoms with Crippen molar-refractivity contribution >= 4 is 26.0 Å². The van der Waals surface area contributed by atoms with Gasteiger partial charge in [0.05, 0.1) is 6.20 Å². The molecule has 0 unspecified atom stereocenters. The second-order valence-corrected chi connectivity index (χ2v) is 7.11. The second-order valence-electron chi connectivity index (χ2n) is 4.12. The summed E-state index contributed by atoms with van der Waals surface area (Å²) in [5.41, 5.74) is 0.915. The number of benzene rings is 1. The van der Waals surface area contributed by atoms with Crippen molar-refractivity contribution in [1.82, 2.24) is 9.46 Å². The average molecular weight is 345 g/mol. The summed E-state index contributed by atoms with van der Waals surface area (Å²) in [6, 6.07) is 9.08. The molecule has 1 aromatic carbocycles. The molecule has 0 fully saturated rings. The first-order valence-corrected chi connectivity index (χ1v) is 7.95. The first-order chi connectivity index (χ1) is 8.97. The third kappa shape index (κ3) is 3.89. The SMILES string of the molecule is CN(Cc1cccc(Br)c1)S(=O)(=O)Cc1ccno1. The molecule has 19 heavy (non-hydrogen) atoms. The minimum Gasteiger partial charge on any atom is -0.360 e. The fourth-order valence-corrected chi connectivity index (χ4v) is 3.12. The van der Waals surface area contributed by atoms with Crippen LogP contribution >= 0.6 is 15.9 Å². The van der Waals surface area contributed by atoms with Crippen LogP contribution in [0.5, 0.6) is 0 Å². The van der Waals surface area contributed by atoms with Crippen molar-refractivity contribution in [2.24, 2.45) is 0 Å². The smallest absolute Gasteiger partial charge is 0.221 e. The van der Waals surface area contributed by atoms with Crippen LogP contribution < -0.4 is 0 Å². The highest BCUT2D eigenvalue weighted by atomic mass is 79.9. The molecule has 1 aromatic heterocycles. The molecule has 0 amide bonds. The fourth-order valence-electron chi connectivity index (χ4n) is 1.60. The van der Waals surface area contributed by atoms with Gasteiger partial charge in [0.25, 0.3) is 0 Å². The van der Waals surface area contributed by atoms with E-state index in [1.807, 2.05) is 24.3 Å². The van der Waals surface area contributed by atoms with Gasteiger partial charge in [-0.15, -0.1) is 0 Å². The van der Waals surface area contributed by atoms with Gasteiger partial charge in [-0.2, -0.15) is 0 Å². The van der Waals surface area contributed by atoms with E-state index in [-0.39, 0.29) is 5.75 Å². The van der Waals surface area contributed by atoms with Crippen LogP contribution in [0.1, 0.15) is 11.3 Å². The predicted molar refractivity (Wildman–Crippen MR) is 74.7 cm³/mol. The Labute approximate surface area is 120 Å². The Morgan fingerprint density at radius 2 is 2.16 bits per heavy atom. The van der Waals surface area contributed by atoms with Crippen molar-refractivity contribution in [3.63, 3.8) is 0 Å². The molecule has 2 aromatic rings. The fraction of sp³-hybridized carbons (Fsp3) is 0.250. The van der Waals surface area contributed by atoms with E-state index in [4.69, 9.17) is 4.52 Å². The number of hydrogen-bond acceptors (Lipinski definition) is 4.